The third kappa shape index (κ3) is 9.98. The third-order valence-corrected chi connectivity index (χ3v) is 9.34. The molecule has 0 spiro atoms. The summed E-state index contributed by atoms with van der Waals surface area (Å²) in [7, 11) is -3.60. The van der Waals surface area contributed by atoms with Gasteiger partial charge in [0, 0.05) is 42.0 Å². The second-order valence-corrected chi connectivity index (χ2v) is 13.7. The van der Waals surface area contributed by atoms with Crippen molar-refractivity contribution >= 4 is 50.7 Å². The Hall–Kier alpha value is -3.07. The van der Waals surface area contributed by atoms with Crippen LogP contribution in [0.4, 0.5) is 5.69 Å². The van der Waals surface area contributed by atoms with E-state index in [1.807, 2.05) is 70.2 Å². The molecule has 0 aromatic heterocycles. The monoisotopic (exact) mass is 645 g/mol. The van der Waals surface area contributed by atoms with Gasteiger partial charge in [0.15, 0.2) is 0 Å². The topological polar surface area (TPSA) is 86.8 Å². The summed E-state index contributed by atoms with van der Waals surface area (Å²) in [6.07, 6.45) is 2.49. The summed E-state index contributed by atoms with van der Waals surface area (Å²) < 4.78 is 26.8. The highest BCUT2D eigenvalue weighted by molar-refractivity contribution is 7.92. The van der Waals surface area contributed by atoms with Crippen molar-refractivity contribution in [2.75, 3.05) is 17.1 Å². The molecule has 3 aromatic carbocycles. The maximum Gasteiger partial charge on any atom is 0.243 e. The van der Waals surface area contributed by atoms with Crippen LogP contribution in [0.3, 0.4) is 0 Å². The van der Waals surface area contributed by atoms with Crippen molar-refractivity contribution in [3.05, 3.63) is 99.0 Å². The number of hydrogen-bond acceptors (Lipinski definition) is 4. The number of amides is 2. The average molecular weight is 647 g/mol. The van der Waals surface area contributed by atoms with Crippen LogP contribution in [-0.4, -0.2) is 50.0 Å². The minimum atomic E-state index is -3.60. The smallest absolute Gasteiger partial charge is 0.243 e. The van der Waals surface area contributed by atoms with E-state index in [0.717, 1.165) is 29.4 Å². The summed E-state index contributed by atoms with van der Waals surface area (Å²) in [5.74, 6) is -0.538. The predicted octanol–water partition coefficient (Wildman–Crippen LogP) is 6.71. The lowest BCUT2D eigenvalue weighted by atomic mass is 10.0. The molecule has 0 saturated heterocycles. The molecule has 0 aliphatic heterocycles. The number of sulfonamides is 1. The van der Waals surface area contributed by atoms with E-state index in [9.17, 15) is 18.0 Å². The maximum atomic E-state index is 14.0. The number of rotatable bonds is 14. The highest BCUT2D eigenvalue weighted by Gasteiger charge is 2.31. The molecule has 0 radical (unpaired) electrons. The Morgan fingerprint density at radius 3 is 2.26 bits per heavy atom. The first kappa shape index (κ1) is 34.4. The summed E-state index contributed by atoms with van der Waals surface area (Å²) in [5.41, 5.74) is 4.15. The maximum absolute atomic E-state index is 14.0. The van der Waals surface area contributed by atoms with Crippen LogP contribution in [0, 0.1) is 13.8 Å². The predicted molar refractivity (Wildman–Crippen MR) is 176 cm³/mol. The molecule has 2 amide bonds. The normalized spacial score (nSPS) is 12.8. The summed E-state index contributed by atoms with van der Waals surface area (Å²) in [4.78, 5) is 29.3. The van der Waals surface area contributed by atoms with Crippen molar-refractivity contribution in [2.24, 2.45) is 0 Å². The Morgan fingerprint density at radius 1 is 0.953 bits per heavy atom. The van der Waals surface area contributed by atoms with Gasteiger partial charge in [-0.15, -0.1) is 0 Å². The lowest BCUT2D eigenvalue weighted by Gasteiger charge is -2.33. The molecule has 0 bridgehead atoms. The zero-order valence-electron chi connectivity index (χ0n) is 25.4. The fraction of sp³-hybridized carbons (Fsp3) is 0.394. The first-order chi connectivity index (χ1) is 20.3. The van der Waals surface area contributed by atoms with Crippen molar-refractivity contribution in [3.63, 3.8) is 0 Å². The summed E-state index contributed by atoms with van der Waals surface area (Å²) >= 11 is 12.7. The molecule has 3 rings (SSSR count). The highest BCUT2D eigenvalue weighted by Crippen LogP contribution is 2.26. The number of aryl methyl sites for hydroxylation is 2. The van der Waals surface area contributed by atoms with Crippen molar-refractivity contribution in [3.8, 4) is 0 Å². The summed E-state index contributed by atoms with van der Waals surface area (Å²) in [6, 6.07) is 19.2. The van der Waals surface area contributed by atoms with Gasteiger partial charge < -0.3 is 10.2 Å². The molecule has 7 nitrogen and oxygen atoms in total. The van der Waals surface area contributed by atoms with E-state index in [4.69, 9.17) is 23.2 Å². The average Bonchev–Trinajstić information content (AvgIpc) is 2.95. The van der Waals surface area contributed by atoms with Crippen LogP contribution >= 0.6 is 23.2 Å². The van der Waals surface area contributed by atoms with Crippen LogP contribution in [0.15, 0.2) is 66.7 Å². The summed E-state index contributed by atoms with van der Waals surface area (Å²) in [5, 5.41) is 3.91. The molecule has 0 saturated carbocycles. The van der Waals surface area contributed by atoms with Crippen molar-refractivity contribution in [1.29, 1.82) is 0 Å². The Balaban J connectivity index is 1.93. The number of halogens is 2. The number of benzene rings is 3. The van der Waals surface area contributed by atoms with Crippen LogP contribution in [0.5, 0.6) is 0 Å². The van der Waals surface area contributed by atoms with E-state index >= 15 is 0 Å². The van der Waals surface area contributed by atoms with Gasteiger partial charge in [-0.3, -0.25) is 13.9 Å². The molecule has 10 heteroatoms. The lowest BCUT2D eigenvalue weighted by molar-refractivity contribution is -0.141. The van der Waals surface area contributed by atoms with Crippen LogP contribution in [0.2, 0.25) is 10.0 Å². The molecule has 3 aromatic rings. The molecule has 43 heavy (non-hydrogen) atoms. The van der Waals surface area contributed by atoms with Crippen LogP contribution in [0.25, 0.3) is 0 Å². The number of nitrogens with one attached hydrogen (secondary N) is 1. The molecule has 0 heterocycles. The van der Waals surface area contributed by atoms with Crippen molar-refractivity contribution in [1.82, 2.24) is 10.2 Å². The Labute approximate surface area is 266 Å². The van der Waals surface area contributed by atoms with E-state index in [-0.39, 0.29) is 43.8 Å². The van der Waals surface area contributed by atoms with E-state index in [1.54, 1.807) is 29.2 Å². The van der Waals surface area contributed by atoms with Gasteiger partial charge in [0.1, 0.15) is 6.04 Å². The van der Waals surface area contributed by atoms with Crippen LogP contribution < -0.4 is 9.62 Å². The Morgan fingerprint density at radius 2 is 1.65 bits per heavy atom. The lowest BCUT2D eigenvalue weighted by Crippen LogP contribution is -2.52. The van der Waals surface area contributed by atoms with E-state index in [0.29, 0.717) is 27.7 Å². The van der Waals surface area contributed by atoms with Gasteiger partial charge in [-0.05, 0) is 80.1 Å². The van der Waals surface area contributed by atoms with Gasteiger partial charge in [0.05, 0.1) is 11.9 Å². The number of carbonyl (C=O) groups is 2. The van der Waals surface area contributed by atoms with Gasteiger partial charge >= 0.3 is 0 Å². The molecule has 0 aliphatic rings. The SMILES string of the molecule is CCC(C)NC(=O)C(Cc1ccccc1)N(Cc1ccc(Cl)cc1Cl)C(=O)CCCN(c1ccc(C)c(C)c1)S(C)(=O)=O. The number of anilines is 1. The number of nitrogens with zero attached hydrogens (tertiary/aromatic N) is 2. The van der Waals surface area contributed by atoms with E-state index in [2.05, 4.69) is 5.32 Å². The van der Waals surface area contributed by atoms with Gasteiger partial charge in [-0.1, -0.05) is 72.6 Å². The summed E-state index contributed by atoms with van der Waals surface area (Å²) in [6.45, 7) is 8.01. The molecular formula is C33H41Cl2N3O4S. The molecule has 1 N–H and O–H groups in total. The molecule has 0 fully saturated rings. The second kappa shape index (κ2) is 15.6. The molecule has 0 aliphatic carbocycles. The zero-order valence-corrected chi connectivity index (χ0v) is 27.8. The fourth-order valence-electron chi connectivity index (χ4n) is 4.71. The molecule has 232 valence electrons. The van der Waals surface area contributed by atoms with Crippen LogP contribution in [0.1, 0.15) is 55.4 Å². The first-order valence-electron chi connectivity index (χ1n) is 14.4. The van der Waals surface area contributed by atoms with E-state index < -0.39 is 16.1 Å². The standard InChI is InChI=1S/C33H41Cl2N3O4S/c1-6-25(4)36-33(40)31(20-26-11-8-7-9-12-26)37(22-27-15-16-28(34)21-30(27)35)32(39)13-10-18-38(43(5,41)42)29-17-14-23(2)24(3)19-29/h7-9,11-12,14-17,19,21,25,31H,6,10,13,18,20,22H2,1-5H3,(H,36,40). The minimum absolute atomic E-state index is 0.0317. The van der Waals surface area contributed by atoms with Crippen molar-refractivity contribution < 1.29 is 18.0 Å². The zero-order chi connectivity index (χ0) is 31.7. The van der Waals surface area contributed by atoms with Gasteiger partial charge in [0.25, 0.3) is 0 Å². The molecular weight excluding hydrogens is 605 g/mol. The highest BCUT2D eigenvalue weighted by atomic mass is 35.5. The Bertz CT molecular complexity index is 1520. The first-order valence-corrected chi connectivity index (χ1v) is 17.0. The van der Waals surface area contributed by atoms with Crippen molar-refractivity contribution in [2.45, 2.75) is 72.0 Å². The Kier molecular flexibility index (Phi) is 12.5. The van der Waals surface area contributed by atoms with Gasteiger partial charge in [0.2, 0.25) is 21.8 Å². The largest absolute Gasteiger partial charge is 0.352 e. The molecule has 2 atom stereocenters. The third-order valence-electron chi connectivity index (χ3n) is 7.56. The second-order valence-electron chi connectivity index (χ2n) is 11.0. The number of hydrogen-bond donors (Lipinski definition) is 1. The van der Waals surface area contributed by atoms with Gasteiger partial charge in [-0.2, -0.15) is 0 Å². The van der Waals surface area contributed by atoms with Gasteiger partial charge in [-0.25, -0.2) is 8.42 Å². The molecule has 2 unspecified atom stereocenters. The minimum Gasteiger partial charge on any atom is -0.352 e. The quantitative estimate of drug-likeness (QED) is 0.211. The number of carbonyl (C=O) groups excluding carboxylic acids is 2. The fourth-order valence-corrected chi connectivity index (χ4v) is 6.14. The van der Waals surface area contributed by atoms with E-state index in [1.165, 1.54) is 4.31 Å². The van der Waals surface area contributed by atoms with Crippen LogP contribution in [-0.2, 0) is 32.6 Å².